The van der Waals surface area contributed by atoms with Crippen LogP contribution in [0.15, 0.2) is 0 Å². The van der Waals surface area contributed by atoms with Gasteiger partial charge in [0.1, 0.15) is 0 Å². The van der Waals surface area contributed by atoms with Gasteiger partial charge in [0.25, 0.3) is 0 Å². The molecule has 0 aliphatic rings. The van der Waals surface area contributed by atoms with Gasteiger partial charge in [-0.05, 0) is 462 Å². The van der Waals surface area contributed by atoms with E-state index in [1.54, 1.807) is 0 Å². The molecule has 0 unspecified atom stereocenters. The van der Waals surface area contributed by atoms with Gasteiger partial charge in [-0.25, -0.2) is 0 Å². The first kappa shape index (κ1) is 174. The third-order valence-electron chi connectivity index (χ3n) is 25.1. The molecule has 0 amide bonds. The molecule has 0 saturated carbocycles. The predicted octanol–water partition coefficient (Wildman–Crippen LogP) is 38.3. The van der Waals surface area contributed by atoms with Crippen molar-refractivity contribution in [3.63, 3.8) is 0 Å². The lowest BCUT2D eigenvalue weighted by molar-refractivity contribution is 0.0805. The van der Waals surface area contributed by atoms with Gasteiger partial charge in [0.05, 0.1) is 12.7 Å². The van der Waals surface area contributed by atoms with Crippen molar-refractivity contribution in [2.75, 3.05) is 151 Å². The number of unbranched alkanes of at least 4 members (excludes halogenated alkanes) is 9. The molecule has 0 rings (SSSR count). The van der Waals surface area contributed by atoms with Crippen LogP contribution in [0.2, 0.25) is 0 Å². The molecule has 0 aliphatic heterocycles. The zero-order valence-electron chi connectivity index (χ0n) is 114. The Morgan fingerprint density at radius 3 is 0.480 bits per heavy atom. The first-order valence-electron chi connectivity index (χ1n) is 66.7. The van der Waals surface area contributed by atoms with Crippen molar-refractivity contribution in [2.24, 2.45) is 124 Å². The summed E-state index contributed by atoms with van der Waals surface area (Å²) in [4.78, 5) is 0. The van der Waals surface area contributed by atoms with E-state index in [1.165, 1.54) is 394 Å². The molecule has 0 saturated heterocycles. The molecule has 0 aromatic heterocycles. The molecule has 0 radical (unpaired) electrons. The Morgan fingerprint density at radius 1 is 0.120 bits per heavy atom. The molecule has 13 nitrogen and oxygen atoms in total. The van der Waals surface area contributed by atoms with Crippen molar-refractivity contribution in [1.82, 2.24) is 63.8 Å². The van der Waals surface area contributed by atoms with Crippen LogP contribution < -0.4 is 63.8 Å². The van der Waals surface area contributed by atoms with Gasteiger partial charge < -0.3 is 68.5 Å². The molecule has 150 heavy (non-hydrogen) atoms. The monoisotopic (exact) mass is 2140 g/mol. The summed E-state index contributed by atoms with van der Waals surface area (Å²) in [6, 6.07) is 1.28. The normalized spacial score (nSPS) is 11.5. The van der Waals surface area contributed by atoms with E-state index >= 15 is 0 Å². The van der Waals surface area contributed by atoms with Crippen molar-refractivity contribution in [1.29, 1.82) is 0 Å². The van der Waals surface area contributed by atoms with E-state index in [4.69, 9.17) is 4.74 Å². The number of hydrogen-bond acceptors (Lipinski definition) is 13. The van der Waals surface area contributed by atoms with E-state index in [0.29, 0.717) is 18.2 Å². The van der Waals surface area contributed by atoms with E-state index in [9.17, 15) is 0 Å². The summed E-state index contributed by atoms with van der Waals surface area (Å²) in [7, 11) is 0. The third kappa shape index (κ3) is 246. The quantitative estimate of drug-likeness (QED) is 0.0262. The number of hydrogen-bond donors (Lipinski definition) is 12. The third-order valence-corrected chi connectivity index (χ3v) is 25.1. The van der Waals surface area contributed by atoms with E-state index in [2.05, 4.69) is 396 Å². The highest BCUT2D eigenvalue weighted by Crippen LogP contribution is 2.16. The van der Waals surface area contributed by atoms with E-state index in [-0.39, 0.29) is 0 Å². The highest BCUT2D eigenvalue weighted by molar-refractivity contribution is 4.65. The van der Waals surface area contributed by atoms with Gasteiger partial charge in [0.15, 0.2) is 0 Å². The molecule has 0 bridgehead atoms. The zero-order chi connectivity index (χ0) is 117. The number of ether oxygens (including phenoxy) is 1. The second kappa shape index (κ2) is 145. The average molecular weight is 2140 g/mol. The summed E-state index contributed by atoms with van der Waals surface area (Å²) < 4.78 is 5.36. The second-order valence-electron chi connectivity index (χ2n) is 54.9. The topological polar surface area (TPSA) is 154 Å². The average Bonchev–Trinajstić information content (AvgIpc) is 1.12. The molecule has 0 aromatic carbocycles. The van der Waals surface area contributed by atoms with Gasteiger partial charge >= 0.3 is 0 Å². The van der Waals surface area contributed by atoms with Crippen LogP contribution >= 0.6 is 0 Å². The van der Waals surface area contributed by atoms with Crippen molar-refractivity contribution in [2.45, 2.75) is 620 Å². The lowest BCUT2D eigenvalue weighted by Gasteiger charge is -2.09. The molecule has 0 heterocycles. The van der Waals surface area contributed by atoms with Crippen molar-refractivity contribution >= 4 is 0 Å². The first-order valence-corrected chi connectivity index (χ1v) is 66.7. The Kier molecular flexibility index (Phi) is 168. The Balaban J connectivity index is -0.000000140. The molecule has 0 fully saturated rings. The molecule has 924 valence electrons. The van der Waals surface area contributed by atoms with Crippen molar-refractivity contribution in [3.8, 4) is 0 Å². The molecular formula is C137H310N12O. The van der Waals surface area contributed by atoms with Gasteiger partial charge in [-0.2, -0.15) is 0 Å². The highest BCUT2D eigenvalue weighted by atomic mass is 16.5. The van der Waals surface area contributed by atoms with Crippen LogP contribution in [0.25, 0.3) is 0 Å². The molecule has 0 atom stereocenters. The van der Waals surface area contributed by atoms with E-state index in [1.807, 2.05) is 0 Å². The highest BCUT2D eigenvalue weighted by Gasteiger charge is 2.07. The lowest BCUT2D eigenvalue weighted by Crippen LogP contribution is -2.24. The molecule has 0 aliphatic carbocycles. The van der Waals surface area contributed by atoms with Gasteiger partial charge in [0, 0.05) is 18.6 Å². The Bertz CT molecular complexity index is 2050. The summed E-state index contributed by atoms with van der Waals surface area (Å²) in [5, 5.41) is 41.8. The molecule has 0 aromatic rings. The summed E-state index contributed by atoms with van der Waals surface area (Å²) in [5.74, 6) is 17.9. The second-order valence-corrected chi connectivity index (χ2v) is 54.9. The fraction of sp³-hybridized carbons (Fsp3) is 1.00. The van der Waals surface area contributed by atoms with E-state index in [0.717, 1.165) is 151 Å². The first-order chi connectivity index (χ1) is 70.5. The van der Waals surface area contributed by atoms with Crippen molar-refractivity contribution < 1.29 is 4.74 Å². The fourth-order valence-corrected chi connectivity index (χ4v) is 15.5. The maximum atomic E-state index is 5.36. The maximum Gasteiger partial charge on any atom is 0.0594 e. The van der Waals surface area contributed by atoms with Gasteiger partial charge in [-0.3, -0.25) is 0 Å². The minimum Gasteiger partial charge on any atom is -0.377 e. The Morgan fingerprint density at radius 2 is 0.280 bits per heavy atom. The largest absolute Gasteiger partial charge is 0.377 e. The lowest BCUT2D eigenvalue weighted by atomic mass is 10.0. The molecule has 12 N–H and O–H groups in total. The van der Waals surface area contributed by atoms with Gasteiger partial charge in [-0.15, -0.1) is 0 Å². The minimum absolute atomic E-state index is 0.357. The molecule has 13 heteroatoms. The smallest absolute Gasteiger partial charge is 0.0594 e. The van der Waals surface area contributed by atoms with Crippen LogP contribution in [0.1, 0.15) is 602 Å². The van der Waals surface area contributed by atoms with Crippen molar-refractivity contribution in [3.05, 3.63) is 0 Å². The van der Waals surface area contributed by atoms with Crippen LogP contribution in [0.3, 0.4) is 0 Å². The minimum atomic E-state index is 0.357. The van der Waals surface area contributed by atoms with Crippen LogP contribution in [0.5, 0.6) is 0 Å². The summed E-state index contributed by atoms with van der Waals surface area (Å²) in [6.07, 6.45) is 57.1. The standard InChI is InChI=1S/C16H36N2.C15H34N2.C14H32N2.C14H31N.C13H29N.C12H27N.C11H25N.C9H21NO.C9H21N.C9H20.C8H18.C7H16/c1-15(2)9-8-13-17-11-6-5-7-12-18-14-10-16(3)4;1-14(2)9-8-12-16-10-6-5-7-11-17-13-15(3)4;1-13(2)9-8-11-15-10-6-5-7-12-16-14(3)4;1-13(2)9-6-5-7-11-15-12-8-10-14(3)4;1-12(2)8-5-6-10-14-11-7-9-13(3)4;1-11(2)7-5-9-13-10-6-8-12(3)4;1-10(2)6-5-8-12-9-7-11(3)4;1-8(2)7-10-5-6-11-9(3)4;1-8(2)6-5-7-10-9(3)4;1-8(2)6-5-7-9(3)4;1-7(2)5-6-8(3)4;1-6(2)5-7(3)4/h15-18H,5-14H2,1-4H3;14-17H,5-13H2,1-4H3;13-16H,5-12H2,1-4H3;13-15H,5-12H2,1-4H3;12-14H,5-11H2,1-4H3;11-13H,5-10H2,1-4H3;10-12H,5-9H2,1-4H3;8-10H,5-7H2,1-4H3;8-10H,5-7H2,1-4H3;8-9H,5-7H2,1-4H3;7-8H,5-6H2,1-4H3;6-7H,5H2,1-4H3. The van der Waals surface area contributed by atoms with E-state index < -0.39 is 0 Å². The Hall–Kier alpha value is -0.520. The fourth-order valence-electron chi connectivity index (χ4n) is 15.5. The summed E-state index contributed by atoms with van der Waals surface area (Å²) in [5.41, 5.74) is 0. The molecule has 0 spiro atoms. The Labute approximate surface area is 957 Å². The summed E-state index contributed by atoms with van der Waals surface area (Å²) >= 11 is 0. The predicted molar refractivity (Wildman–Crippen MR) is 702 cm³/mol. The van der Waals surface area contributed by atoms with Crippen LogP contribution in [-0.4, -0.2) is 169 Å². The maximum absolute atomic E-state index is 5.36. The van der Waals surface area contributed by atoms with Crippen LogP contribution in [0, 0.1) is 124 Å². The summed E-state index contributed by atoms with van der Waals surface area (Å²) in [6.45, 7) is 136. The number of rotatable bonds is 90. The van der Waals surface area contributed by atoms with Crippen LogP contribution in [0.4, 0.5) is 0 Å². The molecular weight excluding hydrogens is 1830 g/mol. The number of nitrogens with one attached hydrogen (secondary N) is 12. The SMILES string of the molecule is CC(C)CC(C)C.CC(C)CCC(C)C.CC(C)CCCC(C)C.CC(C)CCCCCNCCCC(C)C.CC(C)CCCCNCCCC(C)C.CC(C)CCCNC(C)C.CC(C)CCCNCCC(C)C.CC(C)CCCNCCCC(C)C.CC(C)CCCNCCCCCNC(C)C.CC(C)CCCNCCCCCNCC(C)C.CC(C)CCCNCCCCCNCCC(C)C.CC(C)CNCCOC(C)C. The van der Waals surface area contributed by atoms with Gasteiger partial charge in [0.2, 0.25) is 0 Å². The van der Waals surface area contributed by atoms with Crippen LogP contribution in [-0.2, 0) is 4.74 Å². The zero-order valence-corrected chi connectivity index (χ0v) is 114. The van der Waals surface area contributed by atoms with Gasteiger partial charge in [-0.1, -0.05) is 402 Å².